The molecule has 1 N–H and O–H groups in total. The van der Waals surface area contributed by atoms with E-state index in [2.05, 4.69) is 5.10 Å². The average molecular weight is 192 g/mol. The highest BCUT2D eigenvalue weighted by atomic mass is 16.5. The molecule has 0 aliphatic carbocycles. The Morgan fingerprint density at radius 1 is 1.57 bits per heavy atom. The molecule has 0 aromatic carbocycles. The van der Waals surface area contributed by atoms with Crippen molar-refractivity contribution in [2.75, 3.05) is 7.11 Å². The molecule has 0 amide bonds. The maximum Gasteiger partial charge on any atom is 0.356 e. The van der Waals surface area contributed by atoms with Gasteiger partial charge in [-0.3, -0.25) is 0 Å². The lowest BCUT2D eigenvalue weighted by Gasteiger charge is -1.98. The van der Waals surface area contributed by atoms with Crippen molar-refractivity contribution in [1.29, 1.82) is 0 Å². The lowest BCUT2D eigenvalue weighted by atomic mass is 10.3. The maximum absolute atomic E-state index is 10.6. The second kappa shape index (κ2) is 3.02. The molecule has 0 saturated carbocycles. The van der Waals surface area contributed by atoms with Crippen LogP contribution in [-0.2, 0) is 0 Å². The second-order valence-electron chi connectivity index (χ2n) is 2.77. The molecule has 5 heteroatoms. The first-order valence-electron chi connectivity index (χ1n) is 3.97. The Balaban J connectivity index is 2.60. The first-order valence-corrected chi connectivity index (χ1v) is 3.97. The zero-order valence-electron chi connectivity index (χ0n) is 7.47. The molecule has 0 unspecified atom stereocenters. The molecule has 0 radical (unpaired) electrons. The Hall–Kier alpha value is -2.04. The number of pyridine rings is 1. The van der Waals surface area contributed by atoms with Gasteiger partial charge in [-0.1, -0.05) is 0 Å². The Bertz CT molecular complexity index is 490. The molecule has 0 atom stereocenters. The number of hydrogen-bond donors (Lipinski definition) is 1. The molecule has 14 heavy (non-hydrogen) atoms. The minimum Gasteiger partial charge on any atom is -0.497 e. The van der Waals surface area contributed by atoms with Crippen LogP contribution >= 0.6 is 0 Å². The molecule has 0 bridgehead atoms. The summed E-state index contributed by atoms with van der Waals surface area (Å²) in [7, 11) is 1.56. The van der Waals surface area contributed by atoms with Gasteiger partial charge in [-0.2, -0.15) is 5.10 Å². The predicted molar refractivity (Wildman–Crippen MR) is 48.7 cm³/mol. The number of carboxylic acids is 1. The van der Waals surface area contributed by atoms with E-state index in [4.69, 9.17) is 9.84 Å². The van der Waals surface area contributed by atoms with Crippen molar-refractivity contribution in [1.82, 2.24) is 9.61 Å². The quantitative estimate of drug-likeness (QED) is 0.772. The third-order valence-corrected chi connectivity index (χ3v) is 1.89. The molecule has 0 aliphatic rings. The van der Waals surface area contributed by atoms with Crippen LogP contribution in [-0.4, -0.2) is 27.8 Å². The first-order chi connectivity index (χ1) is 6.70. The highest BCUT2D eigenvalue weighted by molar-refractivity contribution is 5.87. The molecule has 2 aromatic rings. The summed E-state index contributed by atoms with van der Waals surface area (Å²) in [4.78, 5) is 10.6. The molecule has 2 heterocycles. The van der Waals surface area contributed by atoms with Crippen molar-refractivity contribution in [3.8, 4) is 5.75 Å². The predicted octanol–water partition coefficient (Wildman–Crippen LogP) is 1.04. The Morgan fingerprint density at radius 3 is 3.00 bits per heavy atom. The molecular weight excluding hydrogens is 184 g/mol. The summed E-state index contributed by atoms with van der Waals surface area (Å²) < 4.78 is 6.50. The van der Waals surface area contributed by atoms with E-state index in [1.807, 2.05) is 0 Å². The van der Waals surface area contributed by atoms with Crippen LogP contribution in [0.4, 0.5) is 0 Å². The molecule has 2 rings (SSSR count). The number of hydrogen-bond acceptors (Lipinski definition) is 3. The summed E-state index contributed by atoms with van der Waals surface area (Å²) >= 11 is 0. The van der Waals surface area contributed by atoms with Gasteiger partial charge in [0, 0.05) is 12.3 Å². The van der Waals surface area contributed by atoms with E-state index in [9.17, 15) is 4.79 Å². The van der Waals surface area contributed by atoms with Crippen LogP contribution in [0, 0.1) is 0 Å². The molecule has 0 fully saturated rings. The third-order valence-electron chi connectivity index (χ3n) is 1.89. The number of carboxylic acid groups (broad SMARTS) is 1. The lowest BCUT2D eigenvalue weighted by Crippen LogP contribution is -1.97. The van der Waals surface area contributed by atoms with Gasteiger partial charge < -0.3 is 9.84 Å². The number of aromatic nitrogens is 2. The third kappa shape index (κ3) is 1.28. The van der Waals surface area contributed by atoms with Crippen LogP contribution in [0.1, 0.15) is 10.5 Å². The number of methoxy groups -OCH3 is 1. The van der Waals surface area contributed by atoms with E-state index in [1.54, 1.807) is 25.4 Å². The van der Waals surface area contributed by atoms with E-state index < -0.39 is 5.97 Å². The fraction of sp³-hybridized carbons (Fsp3) is 0.111. The standard InChI is InChI=1S/C9H8N2O3/c1-14-7-2-3-11-6(4-7)5-8(10-11)9(12)13/h2-5H,1H3,(H,12,13). The van der Waals surface area contributed by atoms with Gasteiger partial charge in [-0.15, -0.1) is 0 Å². The zero-order valence-corrected chi connectivity index (χ0v) is 7.47. The summed E-state index contributed by atoms with van der Waals surface area (Å²) in [6.45, 7) is 0. The maximum atomic E-state index is 10.6. The van der Waals surface area contributed by atoms with Crippen LogP contribution in [0.25, 0.3) is 5.52 Å². The highest BCUT2D eigenvalue weighted by Gasteiger charge is 2.08. The molecule has 5 nitrogen and oxygen atoms in total. The summed E-state index contributed by atoms with van der Waals surface area (Å²) in [5.41, 5.74) is 0.722. The van der Waals surface area contributed by atoms with Gasteiger partial charge in [0.25, 0.3) is 0 Å². The number of aromatic carboxylic acids is 1. The Morgan fingerprint density at radius 2 is 2.36 bits per heavy atom. The summed E-state index contributed by atoms with van der Waals surface area (Å²) in [5.74, 6) is -0.359. The van der Waals surface area contributed by atoms with Crippen LogP contribution in [0.3, 0.4) is 0 Å². The number of fused-ring (bicyclic) bond motifs is 1. The van der Waals surface area contributed by atoms with E-state index in [0.29, 0.717) is 11.3 Å². The van der Waals surface area contributed by atoms with Crippen LogP contribution in [0.15, 0.2) is 24.4 Å². The molecule has 0 saturated heterocycles. The van der Waals surface area contributed by atoms with Gasteiger partial charge in [0.1, 0.15) is 5.75 Å². The summed E-state index contributed by atoms with van der Waals surface area (Å²) in [5, 5.41) is 12.6. The normalized spacial score (nSPS) is 10.4. The number of ether oxygens (including phenoxy) is 1. The van der Waals surface area contributed by atoms with Gasteiger partial charge in [0.05, 0.1) is 12.6 Å². The van der Waals surface area contributed by atoms with Crippen molar-refractivity contribution < 1.29 is 14.6 Å². The zero-order chi connectivity index (χ0) is 10.1. The monoisotopic (exact) mass is 192 g/mol. The van der Waals surface area contributed by atoms with Gasteiger partial charge in [-0.25, -0.2) is 9.31 Å². The van der Waals surface area contributed by atoms with Crippen molar-refractivity contribution in [3.63, 3.8) is 0 Å². The van der Waals surface area contributed by atoms with Gasteiger partial charge in [0.2, 0.25) is 0 Å². The van der Waals surface area contributed by atoms with Crippen molar-refractivity contribution in [3.05, 3.63) is 30.1 Å². The summed E-state index contributed by atoms with van der Waals surface area (Å²) in [6.07, 6.45) is 1.65. The number of nitrogens with zero attached hydrogens (tertiary/aromatic N) is 2. The minimum atomic E-state index is -1.03. The molecule has 72 valence electrons. The van der Waals surface area contributed by atoms with Crippen LogP contribution in [0.2, 0.25) is 0 Å². The smallest absolute Gasteiger partial charge is 0.356 e. The largest absolute Gasteiger partial charge is 0.497 e. The lowest BCUT2D eigenvalue weighted by molar-refractivity contribution is 0.0690. The first kappa shape index (κ1) is 8.55. The van der Waals surface area contributed by atoms with Crippen molar-refractivity contribution >= 4 is 11.5 Å². The topological polar surface area (TPSA) is 63.8 Å². The molecular formula is C9H8N2O3. The van der Waals surface area contributed by atoms with E-state index in [1.165, 1.54) is 10.6 Å². The molecule has 2 aromatic heterocycles. The average Bonchev–Trinajstić information content (AvgIpc) is 2.59. The SMILES string of the molecule is COc1ccn2nc(C(=O)O)cc2c1. The van der Waals surface area contributed by atoms with Gasteiger partial charge >= 0.3 is 5.97 Å². The fourth-order valence-electron chi connectivity index (χ4n) is 1.21. The van der Waals surface area contributed by atoms with Crippen LogP contribution in [0.5, 0.6) is 5.75 Å². The van der Waals surface area contributed by atoms with E-state index >= 15 is 0 Å². The fourth-order valence-corrected chi connectivity index (χ4v) is 1.21. The summed E-state index contributed by atoms with van der Waals surface area (Å²) in [6, 6.07) is 4.93. The van der Waals surface area contributed by atoms with Gasteiger partial charge in [0.15, 0.2) is 5.69 Å². The van der Waals surface area contributed by atoms with Crippen LogP contribution < -0.4 is 4.74 Å². The van der Waals surface area contributed by atoms with E-state index in [-0.39, 0.29) is 5.69 Å². The minimum absolute atomic E-state index is 0.0262. The Kier molecular flexibility index (Phi) is 1.85. The van der Waals surface area contributed by atoms with Crippen molar-refractivity contribution in [2.45, 2.75) is 0 Å². The number of rotatable bonds is 2. The van der Waals surface area contributed by atoms with Crippen molar-refractivity contribution in [2.24, 2.45) is 0 Å². The highest BCUT2D eigenvalue weighted by Crippen LogP contribution is 2.14. The Labute approximate surface area is 79.5 Å². The molecule has 0 spiro atoms. The van der Waals surface area contributed by atoms with Gasteiger partial charge in [-0.05, 0) is 12.1 Å². The second-order valence-corrected chi connectivity index (χ2v) is 2.77. The number of carbonyl (C=O) groups is 1. The van der Waals surface area contributed by atoms with E-state index in [0.717, 1.165) is 0 Å². The molecule has 0 aliphatic heterocycles.